The van der Waals surface area contributed by atoms with Crippen LogP contribution in [0.3, 0.4) is 0 Å². The molecule has 6 nitrogen and oxygen atoms in total. The van der Waals surface area contributed by atoms with E-state index in [0.717, 1.165) is 64.0 Å². The number of piperidine rings is 1. The van der Waals surface area contributed by atoms with Crippen LogP contribution < -0.4 is 5.32 Å². The van der Waals surface area contributed by atoms with Crippen molar-refractivity contribution in [3.05, 3.63) is 35.4 Å². The molecule has 2 heterocycles. The Bertz CT molecular complexity index is 620. The molecule has 26 heavy (non-hydrogen) atoms. The Morgan fingerprint density at radius 3 is 2.54 bits per heavy atom. The summed E-state index contributed by atoms with van der Waals surface area (Å²) in [5.41, 5.74) is 1.66. The summed E-state index contributed by atoms with van der Waals surface area (Å²) in [4.78, 5) is 28.6. The average molecular weight is 359 g/mol. The predicted octanol–water partition coefficient (Wildman–Crippen LogP) is 2.63. The topological polar surface area (TPSA) is 61.9 Å². The predicted molar refractivity (Wildman–Crippen MR) is 100 cm³/mol. The van der Waals surface area contributed by atoms with Gasteiger partial charge in [-0.05, 0) is 50.3 Å². The van der Waals surface area contributed by atoms with Gasteiger partial charge >= 0.3 is 6.03 Å². The molecule has 2 saturated heterocycles. The molecule has 2 fully saturated rings. The fraction of sp³-hybridized carbons (Fsp3) is 0.600. The van der Waals surface area contributed by atoms with Crippen LogP contribution in [0.5, 0.6) is 0 Å². The molecule has 0 saturated carbocycles. The first kappa shape index (κ1) is 18.7. The molecule has 0 aliphatic carbocycles. The van der Waals surface area contributed by atoms with Crippen LogP contribution in [-0.2, 0) is 11.3 Å². The van der Waals surface area contributed by atoms with E-state index < -0.39 is 0 Å². The van der Waals surface area contributed by atoms with Gasteiger partial charge in [0.25, 0.3) is 5.91 Å². The second-order valence-electron chi connectivity index (χ2n) is 7.00. The average Bonchev–Trinajstić information content (AvgIpc) is 3.21. The zero-order chi connectivity index (χ0) is 18.4. The van der Waals surface area contributed by atoms with E-state index in [-0.39, 0.29) is 18.0 Å². The van der Waals surface area contributed by atoms with Crippen LogP contribution in [0.1, 0.15) is 48.5 Å². The maximum absolute atomic E-state index is 12.5. The molecule has 0 atom stereocenters. The fourth-order valence-electron chi connectivity index (χ4n) is 3.67. The van der Waals surface area contributed by atoms with Crippen LogP contribution in [-0.4, -0.2) is 60.6 Å². The van der Waals surface area contributed by atoms with Crippen molar-refractivity contribution in [3.63, 3.8) is 0 Å². The molecule has 2 aliphatic heterocycles. The van der Waals surface area contributed by atoms with Gasteiger partial charge in [-0.3, -0.25) is 4.79 Å². The first-order valence-electron chi connectivity index (χ1n) is 9.70. The van der Waals surface area contributed by atoms with Gasteiger partial charge in [0.2, 0.25) is 0 Å². The maximum atomic E-state index is 12.5. The number of nitrogens with zero attached hydrogens (tertiary/aromatic N) is 2. The summed E-state index contributed by atoms with van der Waals surface area (Å²) in [5.74, 6) is 0.0914. The van der Waals surface area contributed by atoms with Gasteiger partial charge in [-0.25, -0.2) is 4.79 Å². The molecule has 3 rings (SSSR count). The van der Waals surface area contributed by atoms with Gasteiger partial charge in [-0.1, -0.05) is 12.1 Å². The van der Waals surface area contributed by atoms with Gasteiger partial charge in [0.1, 0.15) is 0 Å². The van der Waals surface area contributed by atoms with E-state index in [1.54, 1.807) is 0 Å². The number of carbonyl (C=O) groups excluding carboxylic acids is 2. The number of hydrogen-bond acceptors (Lipinski definition) is 3. The third-order valence-corrected chi connectivity index (χ3v) is 5.14. The molecule has 3 amide bonds. The monoisotopic (exact) mass is 359 g/mol. The van der Waals surface area contributed by atoms with E-state index in [4.69, 9.17) is 4.74 Å². The highest BCUT2D eigenvalue weighted by Crippen LogP contribution is 2.15. The minimum absolute atomic E-state index is 0.0452. The Morgan fingerprint density at radius 1 is 1.12 bits per heavy atom. The SMILES string of the molecule is CCOC1CCN(C(=O)NCc2cccc(C(=O)N3CCCC3)c2)CC1. The number of benzene rings is 1. The van der Waals surface area contributed by atoms with Crippen LogP contribution in [0.4, 0.5) is 4.79 Å². The third kappa shape index (κ3) is 4.75. The summed E-state index contributed by atoms with van der Waals surface area (Å²) in [6, 6.07) is 7.53. The molecule has 0 aromatic heterocycles. The smallest absolute Gasteiger partial charge is 0.317 e. The van der Waals surface area contributed by atoms with Gasteiger partial charge in [0.05, 0.1) is 6.10 Å². The summed E-state index contributed by atoms with van der Waals surface area (Å²) in [6.45, 7) is 6.30. The number of hydrogen-bond donors (Lipinski definition) is 1. The highest BCUT2D eigenvalue weighted by Gasteiger charge is 2.23. The van der Waals surface area contributed by atoms with E-state index in [1.165, 1.54) is 0 Å². The number of likely N-dealkylation sites (tertiary alicyclic amines) is 2. The highest BCUT2D eigenvalue weighted by atomic mass is 16.5. The van der Waals surface area contributed by atoms with Crippen LogP contribution >= 0.6 is 0 Å². The Labute approximate surface area is 155 Å². The number of amides is 3. The molecular weight excluding hydrogens is 330 g/mol. The maximum Gasteiger partial charge on any atom is 0.317 e. The molecular formula is C20H29N3O3. The van der Waals surface area contributed by atoms with Crippen molar-refractivity contribution in [2.24, 2.45) is 0 Å². The molecule has 6 heteroatoms. The lowest BCUT2D eigenvalue weighted by molar-refractivity contribution is 0.0220. The van der Waals surface area contributed by atoms with Crippen molar-refractivity contribution in [2.75, 3.05) is 32.8 Å². The molecule has 1 aromatic carbocycles. The van der Waals surface area contributed by atoms with Crippen molar-refractivity contribution >= 4 is 11.9 Å². The van der Waals surface area contributed by atoms with E-state index in [1.807, 2.05) is 41.0 Å². The standard InChI is InChI=1S/C20H29N3O3/c1-2-26-18-8-12-23(13-9-18)20(25)21-15-16-6-5-7-17(14-16)19(24)22-10-3-4-11-22/h5-7,14,18H,2-4,8-13,15H2,1H3,(H,21,25). The van der Waals surface area contributed by atoms with E-state index >= 15 is 0 Å². The van der Waals surface area contributed by atoms with Gasteiger partial charge in [0.15, 0.2) is 0 Å². The number of carbonyl (C=O) groups is 2. The zero-order valence-corrected chi connectivity index (χ0v) is 15.6. The number of nitrogens with one attached hydrogen (secondary N) is 1. The van der Waals surface area contributed by atoms with Gasteiger partial charge in [0, 0.05) is 44.9 Å². The molecule has 0 radical (unpaired) electrons. The van der Waals surface area contributed by atoms with Crippen LogP contribution in [0.2, 0.25) is 0 Å². The zero-order valence-electron chi connectivity index (χ0n) is 15.6. The lowest BCUT2D eigenvalue weighted by atomic mass is 10.1. The second kappa shape index (κ2) is 9.03. The molecule has 0 unspecified atom stereocenters. The summed E-state index contributed by atoms with van der Waals surface area (Å²) in [6.07, 6.45) is 4.22. The minimum atomic E-state index is -0.0452. The van der Waals surface area contributed by atoms with Gasteiger partial charge in [-0.2, -0.15) is 0 Å². The van der Waals surface area contributed by atoms with Crippen LogP contribution in [0.25, 0.3) is 0 Å². The fourth-order valence-corrected chi connectivity index (χ4v) is 3.67. The van der Waals surface area contributed by atoms with Crippen molar-refractivity contribution in [1.82, 2.24) is 15.1 Å². The lowest BCUT2D eigenvalue weighted by Crippen LogP contribution is -2.45. The van der Waals surface area contributed by atoms with Crippen molar-refractivity contribution in [1.29, 1.82) is 0 Å². The first-order valence-corrected chi connectivity index (χ1v) is 9.70. The van der Waals surface area contributed by atoms with E-state index in [2.05, 4.69) is 5.32 Å². The first-order chi connectivity index (χ1) is 12.7. The number of rotatable bonds is 5. The van der Waals surface area contributed by atoms with Gasteiger partial charge in [-0.15, -0.1) is 0 Å². The molecule has 0 bridgehead atoms. The van der Waals surface area contributed by atoms with E-state index in [0.29, 0.717) is 12.1 Å². The van der Waals surface area contributed by atoms with E-state index in [9.17, 15) is 9.59 Å². The quantitative estimate of drug-likeness (QED) is 0.879. The summed E-state index contributed by atoms with van der Waals surface area (Å²) in [7, 11) is 0. The van der Waals surface area contributed by atoms with Crippen LogP contribution in [0, 0.1) is 0 Å². The van der Waals surface area contributed by atoms with Crippen molar-refractivity contribution in [2.45, 2.75) is 45.3 Å². The molecule has 1 aromatic rings. The van der Waals surface area contributed by atoms with Crippen molar-refractivity contribution < 1.29 is 14.3 Å². The Balaban J connectivity index is 1.49. The third-order valence-electron chi connectivity index (χ3n) is 5.14. The number of urea groups is 1. The molecule has 1 N–H and O–H groups in total. The largest absolute Gasteiger partial charge is 0.378 e. The minimum Gasteiger partial charge on any atom is -0.378 e. The lowest BCUT2D eigenvalue weighted by Gasteiger charge is -2.31. The molecule has 0 spiro atoms. The summed E-state index contributed by atoms with van der Waals surface area (Å²) in [5, 5.41) is 2.97. The molecule has 2 aliphatic rings. The highest BCUT2D eigenvalue weighted by molar-refractivity contribution is 5.94. The Kier molecular flexibility index (Phi) is 6.50. The Hall–Kier alpha value is -2.08. The summed E-state index contributed by atoms with van der Waals surface area (Å²) >= 11 is 0. The van der Waals surface area contributed by atoms with Crippen LogP contribution in [0.15, 0.2) is 24.3 Å². The molecule has 142 valence electrons. The second-order valence-corrected chi connectivity index (χ2v) is 7.00. The normalized spacial score (nSPS) is 18.2. The Morgan fingerprint density at radius 2 is 1.85 bits per heavy atom. The van der Waals surface area contributed by atoms with Crippen molar-refractivity contribution in [3.8, 4) is 0 Å². The number of ether oxygens (including phenoxy) is 1. The van der Waals surface area contributed by atoms with Gasteiger partial charge < -0.3 is 19.9 Å². The summed E-state index contributed by atoms with van der Waals surface area (Å²) < 4.78 is 5.62.